The third-order valence-corrected chi connectivity index (χ3v) is 5.75. The molecule has 27 heavy (non-hydrogen) atoms. The van der Waals surface area contributed by atoms with Gasteiger partial charge in [-0.1, -0.05) is 48.5 Å². The summed E-state index contributed by atoms with van der Waals surface area (Å²) < 4.78 is 0. The number of amides is 2. The molecule has 0 saturated carbocycles. The van der Waals surface area contributed by atoms with E-state index in [0.29, 0.717) is 12.8 Å². The van der Waals surface area contributed by atoms with Crippen LogP contribution < -0.4 is 10.6 Å². The Morgan fingerprint density at radius 3 is 2.63 bits per heavy atom. The first-order chi connectivity index (χ1) is 13.1. The van der Waals surface area contributed by atoms with Gasteiger partial charge in [-0.15, -0.1) is 11.8 Å². The van der Waals surface area contributed by atoms with Crippen LogP contribution in [0, 0.1) is 0 Å². The molecule has 0 spiro atoms. The van der Waals surface area contributed by atoms with Crippen molar-refractivity contribution in [3.63, 3.8) is 0 Å². The van der Waals surface area contributed by atoms with Crippen molar-refractivity contribution in [2.45, 2.75) is 42.7 Å². The number of thioether (sulfide) groups is 1. The number of benzene rings is 2. The number of carbonyl (C=O) groups is 2. The van der Waals surface area contributed by atoms with Gasteiger partial charge in [-0.2, -0.15) is 0 Å². The third-order valence-electron chi connectivity index (χ3n) is 4.63. The summed E-state index contributed by atoms with van der Waals surface area (Å²) in [5.74, 6) is 0.113. The molecule has 2 aromatic rings. The van der Waals surface area contributed by atoms with Crippen LogP contribution in [0.2, 0.25) is 0 Å². The van der Waals surface area contributed by atoms with Crippen molar-refractivity contribution in [2.75, 3.05) is 5.75 Å². The van der Waals surface area contributed by atoms with Gasteiger partial charge in [-0.05, 0) is 36.5 Å². The van der Waals surface area contributed by atoms with Gasteiger partial charge in [-0.3, -0.25) is 4.79 Å². The molecule has 1 heterocycles. The van der Waals surface area contributed by atoms with E-state index in [-0.39, 0.29) is 24.5 Å². The molecule has 3 rings (SSSR count). The molecule has 1 aliphatic rings. The van der Waals surface area contributed by atoms with Crippen LogP contribution in [0.15, 0.2) is 59.5 Å². The Labute approximate surface area is 163 Å². The van der Waals surface area contributed by atoms with Crippen LogP contribution in [0.4, 0.5) is 4.79 Å². The van der Waals surface area contributed by atoms with Gasteiger partial charge in [0.15, 0.2) is 0 Å². The topological polar surface area (TPSA) is 78.4 Å². The van der Waals surface area contributed by atoms with E-state index in [9.17, 15) is 9.59 Å². The molecule has 0 aliphatic carbocycles. The fourth-order valence-corrected chi connectivity index (χ4v) is 4.42. The molecular formula is C21H24N2O3S. The van der Waals surface area contributed by atoms with Crippen LogP contribution in [0.5, 0.6) is 0 Å². The van der Waals surface area contributed by atoms with E-state index in [0.717, 1.165) is 23.3 Å². The summed E-state index contributed by atoms with van der Waals surface area (Å²) in [6.07, 6.45) is 1.92. The van der Waals surface area contributed by atoms with E-state index < -0.39 is 5.97 Å². The summed E-state index contributed by atoms with van der Waals surface area (Å²) in [5.41, 5.74) is 2.22. The molecule has 3 N–H and O–H groups in total. The molecule has 1 aliphatic heterocycles. The molecule has 0 bridgehead atoms. The van der Waals surface area contributed by atoms with Crippen molar-refractivity contribution in [3.05, 3.63) is 65.7 Å². The fraction of sp³-hybridized carbons (Fsp3) is 0.333. The van der Waals surface area contributed by atoms with Crippen molar-refractivity contribution in [3.8, 4) is 0 Å². The molecule has 142 valence electrons. The maximum Gasteiger partial charge on any atom is 0.315 e. The predicted molar refractivity (Wildman–Crippen MR) is 107 cm³/mol. The summed E-state index contributed by atoms with van der Waals surface area (Å²) in [7, 11) is 0. The summed E-state index contributed by atoms with van der Waals surface area (Å²) in [4.78, 5) is 24.8. The zero-order chi connectivity index (χ0) is 19.1. The number of fused-ring (bicyclic) bond motifs is 1. The lowest BCUT2D eigenvalue weighted by Gasteiger charge is -2.27. The van der Waals surface area contributed by atoms with Crippen molar-refractivity contribution in [1.82, 2.24) is 10.6 Å². The first-order valence-electron chi connectivity index (χ1n) is 9.16. The largest absolute Gasteiger partial charge is 0.481 e. The summed E-state index contributed by atoms with van der Waals surface area (Å²) in [6.45, 7) is 0. The molecule has 2 unspecified atom stereocenters. The Balaban J connectivity index is 1.62. The van der Waals surface area contributed by atoms with Crippen molar-refractivity contribution in [2.24, 2.45) is 0 Å². The predicted octanol–water partition coefficient (Wildman–Crippen LogP) is 4.00. The molecule has 0 radical (unpaired) electrons. The number of aliphatic carboxylic acids is 1. The molecule has 0 aromatic heterocycles. The second-order valence-corrected chi connectivity index (χ2v) is 7.80. The van der Waals surface area contributed by atoms with Crippen LogP contribution in [0.25, 0.3) is 0 Å². The minimum absolute atomic E-state index is 0.0145. The lowest BCUT2D eigenvalue weighted by atomic mass is 10.0. The maximum absolute atomic E-state index is 12.6. The summed E-state index contributed by atoms with van der Waals surface area (Å²) in [6, 6.07) is 17.5. The molecule has 6 heteroatoms. The number of carboxylic acid groups (broad SMARTS) is 1. The van der Waals surface area contributed by atoms with Crippen LogP contribution in [0.1, 0.15) is 36.4 Å². The zero-order valence-corrected chi connectivity index (χ0v) is 15.9. The molecule has 2 aromatic carbocycles. The quantitative estimate of drug-likeness (QED) is 0.674. The first-order valence-corrected chi connectivity index (χ1v) is 10.1. The maximum atomic E-state index is 12.6. The number of hydrogen-bond acceptors (Lipinski definition) is 3. The van der Waals surface area contributed by atoms with Crippen LogP contribution in [-0.2, 0) is 11.2 Å². The average Bonchev–Trinajstić information content (AvgIpc) is 2.67. The summed E-state index contributed by atoms with van der Waals surface area (Å²) in [5, 5.41) is 15.0. The monoisotopic (exact) mass is 384 g/mol. The SMILES string of the molecule is O=C(O)CCC(Cc1ccccc1)NC(=O)NC1CCSc2ccccc21. The van der Waals surface area contributed by atoms with E-state index >= 15 is 0 Å². The Morgan fingerprint density at radius 2 is 1.85 bits per heavy atom. The highest BCUT2D eigenvalue weighted by Crippen LogP contribution is 2.35. The minimum atomic E-state index is -0.853. The molecule has 0 fully saturated rings. The van der Waals surface area contributed by atoms with Gasteiger partial charge < -0.3 is 15.7 Å². The van der Waals surface area contributed by atoms with Crippen molar-refractivity contribution >= 4 is 23.8 Å². The number of hydrogen-bond donors (Lipinski definition) is 3. The highest BCUT2D eigenvalue weighted by atomic mass is 32.2. The third kappa shape index (κ3) is 5.76. The zero-order valence-electron chi connectivity index (χ0n) is 15.1. The minimum Gasteiger partial charge on any atom is -0.481 e. The average molecular weight is 385 g/mol. The van der Waals surface area contributed by atoms with Crippen LogP contribution >= 0.6 is 11.8 Å². The standard InChI is InChI=1S/C21H24N2O3S/c24-20(25)11-10-16(14-15-6-2-1-3-7-15)22-21(26)23-18-12-13-27-19-9-5-4-8-17(18)19/h1-9,16,18H,10-14H2,(H,24,25)(H2,22,23,26). The summed E-state index contributed by atoms with van der Waals surface area (Å²) >= 11 is 1.81. The van der Waals surface area contributed by atoms with Gasteiger partial charge in [-0.25, -0.2) is 4.79 Å². The van der Waals surface area contributed by atoms with Crippen molar-refractivity contribution < 1.29 is 14.7 Å². The van der Waals surface area contributed by atoms with Crippen LogP contribution in [-0.4, -0.2) is 28.9 Å². The second-order valence-electron chi connectivity index (χ2n) is 6.66. The fourth-order valence-electron chi connectivity index (χ4n) is 3.30. The van der Waals surface area contributed by atoms with Crippen LogP contribution in [0.3, 0.4) is 0 Å². The number of rotatable bonds is 7. The molecule has 0 saturated heterocycles. The number of nitrogens with one attached hydrogen (secondary N) is 2. The normalized spacial score (nSPS) is 16.8. The van der Waals surface area contributed by atoms with E-state index in [2.05, 4.69) is 22.8 Å². The van der Waals surface area contributed by atoms with E-state index in [1.54, 1.807) is 0 Å². The Kier molecular flexibility index (Phi) is 6.76. The number of carboxylic acids is 1. The van der Waals surface area contributed by atoms with Crippen molar-refractivity contribution in [1.29, 1.82) is 0 Å². The van der Waals surface area contributed by atoms with E-state index in [4.69, 9.17) is 5.11 Å². The van der Waals surface area contributed by atoms with Gasteiger partial charge in [0.1, 0.15) is 0 Å². The van der Waals surface area contributed by atoms with Gasteiger partial charge in [0.05, 0.1) is 6.04 Å². The van der Waals surface area contributed by atoms with E-state index in [1.807, 2.05) is 54.2 Å². The first kappa shape index (κ1) is 19.3. The van der Waals surface area contributed by atoms with Gasteiger partial charge in [0, 0.05) is 23.1 Å². The lowest BCUT2D eigenvalue weighted by molar-refractivity contribution is -0.137. The number of carbonyl (C=O) groups excluding carboxylic acids is 1. The second kappa shape index (κ2) is 9.46. The van der Waals surface area contributed by atoms with Gasteiger partial charge in [0.25, 0.3) is 0 Å². The molecular weight excluding hydrogens is 360 g/mol. The van der Waals surface area contributed by atoms with Gasteiger partial charge >= 0.3 is 12.0 Å². The highest BCUT2D eigenvalue weighted by Gasteiger charge is 2.23. The lowest BCUT2D eigenvalue weighted by Crippen LogP contribution is -2.45. The Bertz CT molecular complexity index is 782. The van der Waals surface area contributed by atoms with E-state index in [1.165, 1.54) is 4.90 Å². The number of urea groups is 1. The highest BCUT2D eigenvalue weighted by molar-refractivity contribution is 7.99. The molecule has 5 nitrogen and oxygen atoms in total. The smallest absolute Gasteiger partial charge is 0.315 e. The molecule has 2 amide bonds. The molecule has 2 atom stereocenters. The van der Waals surface area contributed by atoms with Gasteiger partial charge in [0.2, 0.25) is 0 Å². The Hall–Kier alpha value is -2.47. The Morgan fingerprint density at radius 1 is 1.11 bits per heavy atom.